The van der Waals surface area contributed by atoms with E-state index in [9.17, 15) is 4.79 Å². The third-order valence-corrected chi connectivity index (χ3v) is 4.82. The first kappa shape index (κ1) is 16.6. The maximum atomic E-state index is 12.0. The van der Waals surface area contributed by atoms with Gasteiger partial charge < -0.3 is 10.1 Å². The molecule has 2 N–H and O–H groups in total. The molecule has 1 aromatic carbocycles. The van der Waals surface area contributed by atoms with Gasteiger partial charge in [0.25, 0.3) is 0 Å². The lowest BCUT2D eigenvalue weighted by Crippen LogP contribution is -2.45. The highest BCUT2D eigenvalue weighted by Gasteiger charge is 2.24. The van der Waals surface area contributed by atoms with Gasteiger partial charge in [-0.3, -0.25) is 10.1 Å². The van der Waals surface area contributed by atoms with E-state index in [4.69, 9.17) is 16.3 Å². The van der Waals surface area contributed by atoms with E-state index >= 15 is 0 Å². The van der Waals surface area contributed by atoms with Gasteiger partial charge in [-0.05, 0) is 42.9 Å². The fourth-order valence-electron chi connectivity index (χ4n) is 2.35. The summed E-state index contributed by atoms with van der Waals surface area (Å²) in [5.74, 6) is 1.04. The van der Waals surface area contributed by atoms with Crippen molar-refractivity contribution in [2.45, 2.75) is 30.3 Å². The highest BCUT2D eigenvalue weighted by Crippen LogP contribution is 2.37. The zero-order valence-corrected chi connectivity index (χ0v) is 13.9. The summed E-state index contributed by atoms with van der Waals surface area (Å²) in [4.78, 5) is 13.3. The lowest BCUT2D eigenvalue weighted by molar-refractivity contribution is -0.123. The smallest absolute Gasteiger partial charge is 0.236 e. The second kappa shape index (κ2) is 8.03. The molecule has 0 fully saturated rings. The van der Waals surface area contributed by atoms with Crippen LogP contribution in [-0.2, 0) is 9.53 Å². The Labute approximate surface area is 135 Å². The second-order valence-electron chi connectivity index (χ2n) is 5.04. The largest absolute Gasteiger partial charge is 0.383 e. The molecule has 1 aliphatic heterocycles. The predicted octanol–water partition coefficient (Wildman–Crippen LogP) is 2.62. The minimum atomic E-state index is -0.248. The molecular formula is C15H21ClN2O2S. The third kappa shape index (κ3) is 4.61. The molecule has 0 spiro atoms. The van der Waals surface area contributed by atoms with E-state index in [0.717, 1.165) is 17.2 Å². The first-order valence-electron chi connectivity index (χ1n) is 7.06. The number of benzene rings is 1. The van der Waals surface area contributed by atoms with E-state index in [1.165, 1.54) is 10.5 Å². The molecule has 2 atom stereocenters. The Bertz CT molecular complexity index is 499. The van der Waals surface area contributed by atoms with Crippen molar-refractivity contribution in [2.75, 3.05) is 26.0 Å². The standard InChI is InChI=1S/C15H21ClN2O2S/c1-10(15(19)17-6-7-20-2)18-13-5-8-21-14-4-3-11(16)9-12(13)14/h3-4,9-10,13,18H,5-8H2,1-2H3,(H,17,19). The minimum absolute atomic E-state index is 0.00569. The van der Waals surface area contributed by atoms with Crippen molar-refractivity contribution in [3.8, 4) is 0 Å². The molecule has 0 bridgehead atoms. The number of ether oxygens (including phenoxy) is 1. The number of hydrogen-bond donors (Lipinski definition) is 2. The van der Waals surface area contributed by atoms with Crippen LogP contribution in [0.3, 0.4) is 0 Å². The molecule has 1 aromatic rings. The van der Waals surface area contributed by atoms with E-state index in [1.54, 1.807) is 7.11 Å². The number of rotatable bonds is 6. The molecule has 21 heavy (non-hydrogen) atoms. The van der Waals surface area contributed by atoms with E-state index in [0.29, 0.717) is 13.2 Å². The van der Waals surface area contributed by atoms with Crippen LogP contribution in [0.1, 0.15) is 24.9 Å². The maximum absolute atomic E-state index is 12.0. The van der Waals surface area contributed by atoms with Crippen molar-refractivity contribution in [2.24, 2.45) is 0 Å². The molecule has 1 heterocycles. The first-order valence-corrected chi connectivity index (χ1v) is 8.43. The number of carbonyl (C=O) groups is 1. The van der Waals surface area contributed by atoms with Crippen molar-refractivity contribution < 1.29 is 9.53 Å². The molecule has 0 aromatic heterocycles. The van der Waals surface area contributed by atoms with Crippen LogP contribution in [0, 0.1) is 0 Å². The van der Waals surface area contributed by atoms with Gasteiger partial charge in [0.05, 0.1) is 12.6 Å². The van der Waals surface area contributed by atoms with Crippen LogP contribution < -0.4 is 10.6 Å². The summed E-state index contributed by atoms with van der Waals surface area (Å²) in [6, 6.07) is 5.89. The average molecular weight is 329 g/mol. The van der Waals surface area contributed by atoms with Gasteiger partial charge in [0.1, 0.15) is 0 Å². The van der Waals surface area contributed by atoms with Crippen molar-refractivity contribution in [1.82, 2.24) is 10.6 Å². The number of nitrogens with one attached hydrogen (secondary N) is 2. The molecule has 0 saturated carbocycles. The van der Waals surface area contributed by atoms with E-state index in [-0.39, 0.29) is 18.0 Å². The quantitative estimate of drug-likeness (QED) is 0.788. The van der Waals surface area contributed by atoms with Crippen LogP contribution in [0.25, 0.3) is 0 Å². The number of carbonyl (C=O) groups excluding carboxylic acids is 1. The van der Waals surface area contributed by atoms with Crippen LogP contribution in [0.2, 0.25) is 5.02 Å². The molecule has 0 aliphatic carbocycles. The number of thioether (sulfide) groups is 1. The normalized spacial score (nSPS) is 18.9. The summed E-state index contributed by atoms with van der Waals surface area (Å²) in [7, 11) is 1.62. The summed E-state index contributed by atoms with van der Waals surface area (Å²) in [5.41, 5.74) is 1.19. The second-order valence-corrected chi connectivity index (χ2v) is 6.62. The third-order valence-electron chi connectivity index (χ3n) is 3.46. The van der Waals surface area contributed by atoms with Gasteiger partial charge in [-0.2, -0.15) is 0 Å². The average Bonchev–Trinajstić information content (AvgIpc) is 2.48. The number of halogens is 1. The van der Waals surface area contributed by atoms with Gasteiger partial charge in [-0.1, -0.05) is 11.6 Å². The molecule has 2 rings (SSSR count). The molecule has 1 amide bonds. The number of methoxy groups -OCH3 is 1. The summed E-state index contributed by atoms with van der Waals surface area (Å²) in [6.07, 6.45) is 0.994. The fraction of sp³-hybridized carbons (Fsp3) is 0.533. The molecule has 4 nitrogen and oxygen atoms in total. The van der Waals surface area contributed by atoms with Gasteiger partial charge in [0.2, 0.25) is 5.91 Å². The summed E-state index contributed by atoms with van der Waals surface area (Å²) in [6.45, 7) is 2.94. The monoisotopic (exact) mass is 328 g/mol. The Kier molecular flexibility index (Phi) is 6.36. The van der Waals surface area contributed by atoms with Crippen LogP contribution in [0.5, 0.6) is 0 Å². The van der Waals surface area contributed by atoms with E-state index in [2.05, 4.69) is 16.7 Å². The Morgan fingerprint density at radius 3 is 3.14 bits per heavy atom. The molecule has 0 radical (unpaired) electrons. The van der Waals surface area contributed by atoms with Gasteiger partial charge in [0, 0.05) is 29.6 Å². The highest BCUT2D eigenvalue weighted by molar-refractivity contribution is 7.99. The lowest BCUT2D eigenvalue weighted by Gasteiger charge is -2.28. The van der Waals surface area contributed by atoms with Crippen molar-refractivity contribution in [3.63, 3.8) is 0 Å². The van der Waals surface area contributed by atoms with Crippen LogP contribution in [0.15, 0.2) is 23.1 Å². The first-order chi connectivity index (χ1) is 10.1. The lowest BCUT2D eigenvalue weighted by atomic mass is 10.0. The van der Waals surface area contributed by atoms with Crippen molar-refractivity contribution in [3.05, 3.63) is 28.8 Å². The molecule has 1 aliphatic rings. The zero-order valence-electron chi connectivity index (χ0n) is 12.3. The highest BCUT2D eigenvalue weighted by atomic mass is 35.5. The topological polar surface area (TPSA) is 50.4 Å². The van der Waals surface area contributed by atoms with Gasteiger partial charge in [-0.15, -0.1) is 11.8 Å². The SMILES string of the molecule is COCCNC(=O)C(C)NC1CCSc2ccc(Cl)cc21. The van der Waals surface area contributed by atoms with E-state index < -0.39 is 0 Å². The Balaban J connectivity index is 1.97. The minimum Gasteiger partial charge on any atom is -0.383 e. The van der Waals surface area contributed by atoms with Gasteiger partial charge >= 0.3 is 0 Å². The Morgan fingerprint density at radius 1 is 1.57 bits per heavy atom. The van der Waals surface area contributed by atoms with Crippen molar-refractivity contribution >= 4 is 29.3 Å². The Hall–Kier alpha value is -0.750. The zero-order chi connectivity index (χ0) is 15.2. The summed E-state index contributed by atoms with van der Waals surface area (Å²) >= 11 is 7.93. The number of hydrogen-bond acceptors (Lipinski definition) is 4. The Morgan fingerprint density at radius 2 is 2.38 bits per heavy atom. The van der Waals surface area contributed by atoms with Crippen LogP contribution >= 0.6 is 23.4 Å². The summed E-state index contributed by atoms with van der Waals surface area (Å²) in [5, 5.41) is 6.99. The van der Waals surface area contributed by atoms with Crippen LogP contribution in [0.4, 0.5) is 0 Å². The van der Waals surface area contributed by atoms with Gasteiger partial charge in [-0.25, -0.2) is 0 Å². The molecular weight excluding hydrogens is 308 g/mol. The molecule has 6 heteroatoms. The molecule has 116 valence electrons. The maximum Gasteiger partial charge on any atom is 0.236 e. The fourth-order valence-corrected chi connectivity index (χ4v) is 3.63. The van der Waals surface area contributed by atoms with Gasteiger partial charge in [0.15, 0.2) is 0 Å². The van der Waals surface area contributed by atoms with E-state index in [1.807, 2.05) is 30.8 Å². The predicted molar refractivity (Wildman–Crippen MR) is 87.0 cm³/mol. The molecule has 2 unspecified atom stereocenters. The van der Waals surface area contributed by atoms with Crippen LogP contribution in [-0.4, -0.2) is 38.0 Å². The van der Waals surface area contributed by atoms with Crippen molar-refractivity contribution in [1.29, 1.82) is 0 Å². The summed E-state index contributed by atoms with van der Waals surface area (Å²) < 4.78 is 4.93. The number of amides is 1. The molecule has 0 saturated heterocycles. The number of fused-ring (bicyclic) bond motifs is 1.